The summed E-state index contributed by atoms with van der Waals surface area (Å²) in [6.45, 7) is 20.1. The minimum Gasteiger partial charge on any atom is -0.303 e. The van der Waals surface area contributed by atoms with Gasteiger partial charge in [-0.2, -0.15) is 0 Å². The minimum absolute atomic E-state index is 0.696. The zero-order valence-electron chi connectivity index (χ0n) is 21.7. The molecule has 0 aromatic heterocycles. The lowest BCUT2D eigenvalue weighted by Crippen LogP contribution is -2.37. The van der Waals surface area contributed by atoms with Crippen LogP contribution in [0.1, 0.15) is 137 Å². The number of hydrogen-bond donors (Lipinski definition) is 0. The zero-order valence-corrected chi connectivity index (χ0v) is 21.7. The molecule has 2 heteroatoms. The van der Waals surface area contributed by atoms with E-state index in [2.05, 4.69) is 44.4 Å². The Morgan fingerprint density at radius 1 is 0.500 bits per heavy atom. The van der Waals surface area contributed by atoms with E-state index in [4.69, 9.17) is 0 Å². The van der Waals surface area contributed by atoms with Crippen molar-refractivity contribution >= 4 is 0 Å². The molecule has 2 nitrogen and oxygen atoms in total. The maximum Gasteiger partial charge on any atom is 0.00957 e. The highest BCUT2D eigenvalue weighted by molar-refractivity contribution is 4.74. The summed E-state index contributed by atoms with van der Waals surface area (Å²) in [6, 6.07) is 0.696. The van der Waals surface area contributed by atoms with E-state index in [0.29, 0.717) is 6.04 Å². The molecular formula is C28H59N2. The molecule has 0 aliphatic rings. The average Bonchev–Trinajstić information content (AvgIpc) is 2.76. The summed E-state index contributed by atoms with van der Waals surface area (Å²) in [6.07, 6.45) is 22.9. The fourth-order valence-corrected chi connectivity index (χ4v) is 4.53. The molecule has 0 rings (SSSR count). The Kier molecular flexibility index (Phi) is 23.5. The van der Waals surface area contributed by atoms with Gasteiger partial charge in [0.2, 0.25) is 0 Å². The third-order valence-electron chi connectivity index (χ3n) is 6.61. The molecule has 30 heavy (non-hydrogen) atoms. The fourth-order valence-electron chi connectivity index (χ4n) is 4.53. The maximum absolute atomic E-state index is 4.36. The van der Waals surface area contributed by atoms with Gasteiger partial charge in [0.25, 0.3) is 0 Å². The smallest absolute Gasteiger partial charge is 0.00957 e. The number of unbranched alkanes of at least 4 members (excludes halogenated alkanes) is 10. The van der Waals surface area contributed by atoms with Crippen molar-refractivity contribution in [2.75, 3.05) is 32.7 Å². The van der Waals surface area contributed by atoms with Crippen LogP contribution in [0.25, 0.3) is 0 Å². The van der Waals surface area contributed by atoms with E-state index in [1.165, 1.54) is 135 Å². The average molecular weight is 424 g/mol. The predicted molar refractivity (Wildman–Crippen MR) is 138 cm³/mol. The lowest BCUT2D eigenvalue weighted by molar-refractivity contribution is 0.167. The maximum atomic E-state index is 4.36. The van der Waals surface area contributed by atoms with Gasteiger partial charge in [-0.3, -0.25) is 0 Å². The van der Waals surface area contributed by atoms with Crippen LogP contribution in [0, 0.1) is 6.92 Å². The zero-order chi connectivity index (χ0) is 22.3. The second-order valence-corrected chi connectivity index (χ2v) is 9.50. The Morgan fingerprint density at radius 2 is 0.900 bits per heavy atom. The lowest BCUT2D eigenvalue weighted by Gasteiger charge is -2.32. The highest BCUT2D eigenvalue weighted by atomic mass is 15.2. The molecule has 0 saturated heterocycles. The van der Waals surface area contributed by atoms with Crippen LogP contribution in [0.15, 0.2) is 0 Å². The number of hydrogen-bond acceptors (Lipinski definition) is 2. The van der Waals surface area contributed by atoms with Crippen molar-refractivity contribution in [3.63, 3.8) is 0 Å². The largest absolute Gasteiger partial charge is 0.303 e. The van der Waals surface area contributed by atoms with E-state index >= 15 is 0 Å². The summed E-state index contributed by atoms with van der Waals surface area (Å²) in [4.78, 5) is 5.58. The van der Waals surface area contributed by atoms with E-state index in [0.717, 1.165) is 6.42 Å². The molecule has 0 aromatic rings. The minimum atomic E-state index is 0.696. The Balaban J connectivity index is 4.52. The van der Waals surface area contributed by atoms with Gasteiger partial charge in [0.1, 0.15) is 0 Å². The fraction of sp³-hybridized carbons (Fsp3) is 0.964. The Labute approximate surface area is 192 Å². The summed E-state index contributed by atoms with van der Waals surface area (Å²) < 4.78 is 0. The van der Waals surface area contributed by atoms with Crippen LogP contribution in [0.2, 0.25) is 0 Å². The van der Waals surface area contributed by atoms with Gasteiger partial charge in [0.15, 0.2) is 0 Å². The van der Waals surface area contributed by atoms with Gasteiger partial charge in [0, 0.05) is 6.04 Å². The first-order valence-corrected chi connectivity index (χ1v) is 14.0. The molecule has 0 spiro atoms. The van der Waals surface area contributed by atoms with E-state index in [-0.39, 0.29) is 0 Å². The summed E-state index contributed by atoms with van der Waals surface area (Å²) >= 11 is 0. The summed E-state index contributed by atoms with van der Waals surface area (Å²) in [7, 11) is 0. The summed E-state index contributed by atoms with van der Waals surface area (Å²) in [5.74, 6) is 0. The van der Waals surface area contributed by atoms with Crippen molar-refractivity contribution in [3.05, 3.63) is 6.92 Å². The number of rotatable bonds is 24. The molecule has 0 N–H and O–H groups in total. The molecule has 0 aliphatic heterocycles. The van der Waals surface area contributed by atoms with Gasteiger partial charge in [-0.15, -0.1) is 0 Å². The van der Waals surface area contributed by atoms with Crippen LogP contribution in [-0.2, 0) is 0 Å². The van der Waals surface area contributed by atoms with Crippen LogP contribution < -0.4 is 0 Å². The second-order valence-electron chi connectivity index (χ2n) is 9.50. The van der Waals surface area contributed by atoms with Gasteiger partial charge >= 0.3 is 0 Å². The van der Waals surface area contributed by atoms with E-state index < -0.39 is 0 Å². The molecule has 0 aliphatic carbocycles. The highest BCUT2D eigenvalue weighted by Crippen LogP contribution is 2.16. The molecule has 0 saturated carbocycles. The van der Waals surface area contributed by atoms with Gasteiger partial charge in [-0.25, -0.2) is 0 Å². The monoisotopic (exact) mass is 423 g/mol. The molecule has 1 unspecified atom stereocenters. The quantitative estimate of drug-likeness (QED) is 0.144. The van der Waals surface area contributed by atoms with Crippen molar-refractivity contribution in [2.45, 2.75) is 143 Å². The van der Waals surface area contributed by atoms with E-state index in [9.17, 15) is 0 Å². The SMILES string of the molecule is [CH2]CC(CCCN(CCCCC)CCCCC)N(CCCCCC)CCCCCC. The molecule has 0 heterocycles. The molecular weight excluding hydrogens is 364 g/mol. The van der Waals surface area contributed by atoms with Crippen molar-refractivity contribution in [1.82, 2.24) is 9.80 Å². The van der Waals surface area contributed by atoms with E-state index in [1.54, 1.807) is 0 Å². The molecule has 0 amide bonds. The lowest BCUT2D eigenvalue weighted by atomic mass is 10.0. The first-order chi connectivity index (χ1) is 14.7. The van der Waals surface area contributed by atoms with Gasteiger partial charge in [-0.1, -0.05) is 98.8 Å². The van der Waals surface area contributed by atoms with E-state index in [1.807, 2.05) is 0 Å². The van der Waals surface area contributed by atoms with Crippen molar-refractivity contribution < 1.29 is 0 Å². The summed E-state index contributed by atoms with van der Waals surface area (Å²) in [5, 5.41) is 0. The topological polar surface area (TPSA) is 6.48 Å². The molecule has 1 atom stereocenters. The van der Waals surface area contributed by atoms with Crippen LogP contribution in [0.5, 0.6) is 0 Å². The van der Waals surface area contributed by atoms with Crippen molar-refractivity contribution in [1.29, 1.82) is 0 Å². The van der Waals surface area contributed by atoms with Crippen LogP contribution in [-0.4, -0.2) is 48.6 Å². The van der Waals surface area contributed by atoms with Crippen molar-refractivity contribution in [3.8, 4) is 0 Å². The molecule has 0 bridgehead atoms. The third-order valence-corrected chi connectivity index (χ3v) is 6.61. The molecule has 0 aromatic carbocycles. The standard InChI is InChI=1S/C28H59N2/c1-6-11-15-19-26-30(27-20-16-12-7-2)28(10-5)22-21-25-29(23-17-13-8-3)24-18-14-9-4/h28H,5-27H2,1-4H3. The Morgan fingerprint density at radius 3 is 1.33 bits per heavy atom. The normalized spacial score (nSPS) is 12.9. The Bertz CT molecular complexity index is 296. The van der Waals surface area contributed by atoms with Gasteiger partial charge < -0.3 is 9.80 Å². The summed E-state index contributed by atoms with van der Waals surface area (Å²) in [5.41, 5.74) is 0. The van der Waals surface area contributed by atoms with Crippen LogP contribution in [0.3, 0.4) is 0 Å². The van der Waals surface area contributed by atoms with Gasteiger partial charge in [-0.05, 0) is 77.7 Å². The highest BCUT2D eigenvalue weighted by Gasteiger charge is 2.16. The second kappa shape index (κ2) is 23.6. The first kappa shape index (κ1) is 29.9. The Hall–Kier alpha value is -0.0800. The number of nitrogens with zero attached hydrogens (tertiary/aromatic N) is 2. The predicted octanol–water partition coefficient (Wildman–Crippen LogP) is 8.50. The third kappa shape index (κ3) is 17.6. The van der Waals surface area contributed by atoms with Crippen LogP contribution in [0.4, 0.5) is 0 Å². The molecule has 1 radical (unpaired) electrons. The van der Waals surface area contributed by atoms with Crippen molar-refractivity contribution in [2.24, 2.45) is 0 Å². The molecule has 0 fully saturated rings. The first-order valence-electron chi connectivity index (χ1n) is 14.0. The van der Waals surface area contributed by atoms with Gasteiger partial charge in [0.05, 0.1) is 0 Å². The van der Waals surface area contributed by atoms with Crippen LogP contribution >= 0.6 is 0 Å². The molecule has 181 valence electrons.